The van der Waals surface area contributed by atoms with Gasteiger partial charge in [0.1, 0.15) is 17.5 Å². The van der Waals surface area contributed by atoms with Crippen molar-refractivity contribution in [2.24, 2.45) is 5.41 Å². The Labute approximate surface area is 141 Å². The van der Waals surface area contributed by atoms with Gasteiger partial charge in [0.2, 0.25) is 0 Å². The van der Waals surface area contributed by atoms with Crippen LogP contribution in [0.3, 0.4) is 0 Å². The van der Waals surface area contributed by atoms with Crippen LogP contribution in [0.5, 0.6) is 11.5 Å². The maximum atomic E-state index is 12.3. The highest BCUT2D eigenvalue weighted by Gasteiger charge is 2.51. The lowest BCUT2D eigenvalue weighted by molar-refractivity contribution is -0.160. The molecule has 2 aromatic rings. The van der Waals surface area contributed by atoms with E-state index in [0.717, 1.165) is 23.6 Å². The van der Waals surface area contributed by atoms with Gasteiger partial charge in [-0.1, -0.05) is 32.0 Å². The second-order valence-electron chi connectivity index (χ2n) is 7.21. The number of ketones is 1. The van der Waals surface area contributed by atoms with Crippen molar-refractivity contribution in [3.05, 3.63) is 54.6 Å². The van der Waals surface area contributed by atoms with Crippen molar-refractivity contribution in [2.45, 2.75) is 38.8 Å². The molecule has 1 saturated carbocycles. The molecule has 3 fully saturated rings. The van der Waals surface area contributed by atoms with E-state index in [2.05, 4.69) is 13.8 Å². The van der Waals surface area contributed by atoms with E-state index in [4.69, 9.17) is 9.57 Å². The molecular weight excluding hydrogens is 302 g/mol. The number of carbonyl (C=O) groups excluding carboxylic acids is 1. The van der Waals surface area contributed by atoms with Gasteiger partial charge in [0.25, 0.3) is 0 Å². The van der Waals surface area contributed by atoms with Gasteiger partial charge in [-0.3, -0.25) is 9.63 Å². The van der Waals surface area contributed by atoms with Crippen LogP contribution in [0.2, 0.25) is 0 Å². The molecule has 0 unspecified atom stereocenters. The van der Waals surface area contributed by atoms with E-state index in [-0.39, 0.29) is 23.3 Å². The molecule has 3 aliphatic rings. The van der Waals surface area contributed by atoms with Gasteiger partial charge in [-0.25, -0.2) is 5.06 Å². The molecule has 1 aliphatic carbocycles. The predicted octanol–water partition coefficient (Wildman–Crippen LogP) is 4.36. The van der Waals surface area contributed by atoms with Crippen LogP contribution >= 0.6 is 0 Å². The first-order valence-electron chi connectivity index (χ1n) is 8.35. The van der Waals surface area contributed by atoms with Gasteiger partial charge in [0.15, 0.2) is 5.78 Å². The zero-order valence-corrected chi connectivity index (χ0v) is 13.9. The average molecular weight is 323 g/mol. The van der Waals surface area contributed by atoms with Crippen molar-refractivity contribution in [1.29, 1.82) is 0 Å². The lowest BCUT2D eigenvalue weighted by Crippen LogP contribution is -2.61. The van der Waals surface area contributed by atoms with Crippen LogP contribution in [0.15, 0.2) is 54.6 Å². The lowest BCUT2D eigenvalue weighted by atomic mass is 9.71. The molecule has 0 radical (unpaired) electrons. The topological polar surface area (TPSA) is 38.8 Å². The van der Waals surface area contributed by atoms with Crippen molar-refractivity contribution >= 4 is 11.5 Å². The lowest BCUT2D eigenvalue weighted by Gasteiger charge is -2.52. The summed E-state index contributed by atoms with van der Waals surface area (Å²) >= 11 is 0. The molecule has 2 atom stereocenters. The zero-order valence-electron chi connectivity index (χ0n) is 13.9. The van der Waals surface area contributed by atoms with E-state index in [1.54, 1.807) is 5.06 Å². The van der Waals surface area contributed by atoms with Gasteiger partial charge < -0.3 is 4.74 Å². The number of hydrogen-bond donors (Lipinski definition) is 0. The Hall–Kier alpha value is -2.33. The molecule has 2 bridgehead atoms. The number of carbonyl (C=O) groups is 1. The highest BCUT2D eigenvalue weighted by molar-refractivity contribution is 5.89. The normalized spacial score (nSPS) is 24.9. The molecule has 0 N–H and O–H groups in total. The Balaban J connectivity index is 1.52. The summed E-state index contributed by atoms with van der Waals surface area (Å²) in [6.07, 6.45) is 1.30. The summed E-state index contributed by atoms with van der Waals surface area (Å²) in [5.41, 5.74) is 0.944. The number of fused-ring (bicyclic) bond motifs is 3. The molecule has 0 aromatic heterocycles. The van der Waals surface area contributed by atoms with Crippen molar-refractivity contribution < 1.29 is 14.4 Å². The molecule has 124 valence electrons. The number of hydroxylamine groups is 1. The number of hydrogen-bond acceptors (Lipinski definition) is 4. The number of Topliss-reactive ketones (excluding diaryl/α,β-unsaturated/α-hetero) is 1. The Morgan fingerprint density at radius 2 is 1.71 bits per heavy atom. The van der Waals surface area contributed by atoms with Crippen LogP contribution in [0.1, 0.15) is 26.7 Å². The summed E-state index contributed by atoms with van der Waals surface area (Å²) in [6.45, 7) is 4.34. The van der Waals surface area contributed by atoms with Gasteiger partial charge in [-0.15, -0.1) is 0 Å². The van der Waals surface area contributed by atoms with E-state index in [1.807, 2.05) is 54.6 Å². The van der Waals surface area contributed by atoms with Crippen molar-refractivity contribution in [1.82, 2.24) is 0 Å². The second kappa shape index (κ2) is 5.64. The van der Waals surface area contributed by atoms with Gasteiger partial charge in [-0.05, 0) is 48.2 Å². The first-order valence-corrected chi connectivity index (χ1v) is 8.35. The zero-order chi connectivity index (χ0) is 16.7. The number of ether oxygens (including phenoxy) is 1. The van der Waals surface area contributed by atoms with Gasteiger partial charge in [0.05, 0.1) is 11.8 Å². The van der Waals surface area contributed by atoms with E-state index in [9.17, 15) is 4.79 Å². The minimum atomic E-state index is -0.189. The summed E-state index contributed by atoms with van der Waals surface area (Å²) in [5.74, 6) is 1.84. The molecule has 0 amide bonds. The minimum absolute atomic E-state index is 0.0461. The van der Waals surface area contributed by atoms with Gasteiger partial charge in [0, 0.05) is 6.42 Å². The first kappa shape index (κ1) is 15.2. The fraction of sp³-hybridized carbons (Fsp3) is 0.350. The van der Waals surface area contributed by atoms with Crippen molar-refractivity contribution in [3.8, 4) is 11.5 Å². The van der Waals surface area contributed by atoms with Crippen LogP contribution in [-0.4, -0.2) is 17.9 Å². The fourth-order valence-corrected chi connectivity index (χ4v) is 3.47. The molecule has 2 aliphatic heterocycles. The maximum absolute atomic E-state index is 12.3. The number of rotatable bonds is 3. The maximum Gasteiger partial charge on any atom is 0.160 e. The Kier molecular flexibility index (Phi) is 3.57. The smallest absolute Gasteiger partial charge is 0.160 e. The molecular formula is C20H21NO3. The molecule has 5 rings (SSSR count). The largest absolute Gasteiger partial charge is 0.457 e. The summed E-state index contributed by atoms with van der Waals surface area (Å²) < 4.78 is 5.81. The van der Waals surface area contributed by atoms with Crippen molar-refractivity contribution in [3.63, 3.8) is 0 Å². The van der Waals surface area contributed by atoms with E-state index < -0.39 is 0 Å². The molecule has 2 saturated heterocycles. The molecule has 24 heavy (non-hydrogen) atoms. The van der Waals surface area contributed by atoms with Gasteiger partial charge in [-0.2, -0.15) is 0 Å². The SMILES string of the molecule is CC1(C)C[C@H]2C(=O)C[C@H]1ON2c1ccc(Oc2ccccc2)cc1. The van der Waals surface area contributed by atoms with Crippen molar-refractivity contribution in [2.75, 3.05) is 5.06 Å². The summed E-state index contributed by atoms with van der Waals surface area (Å²) in [4.78, 5) is 18.4. The van der Waals surface area contributed by atoms with Crippen LogP contribution < -0.4 is 9.80 Å². The first-order chi connectivity index (χ1) is 11.5. The highest BCUT2D eigenvalue weighted by Crippen LogP contribution is 2.45. The van der Waals surface area contributed by atoms with E-state index in [0.29, 0.717) is 6.42 Å². The second-order valence-corrected chi connectivity index (χ2v) is 7.21. The van der Waals surface area contributed by atoms with Crippen LogP contribution in [0.4, 0.5) is 5.69 Å². The van der Waals surface area contributed by atoms with E-state index in [1.165, 1.54) is 0 Å². The number of anilines is 1. The predicted molar refractivity (Wildman–Crippen MR) is 92.1 cm³/mol. The fourth-order valence-electron chi connectivity index (χ4n) is 3.47. The summed E-state index contributed by atoms with van der Waals surface area (Å²) in [5, 5.41) is 1.79. The highest BCUT2D eigenvalue weighted by atomic mass is 16.7. The third-order valence-electron chi connectivity index (χ3n) is 4.94. The van der Waals surface area contributed by atoms with Gasteiger partial charge >= 0.3 is 0 Å². The molecule has 2 heterocycles. The monoisotopic (exact) mass is 323 g/mol. The van der Waals surface area contributed by atoms with Crippen LogP contribution in [0, 0.1) is 5.41 Å². The third-order valence-corrected chi connectivity index (χ3v) is 4.94. The Morgan fingerprint density at radius 1 is 1.04 bits per heavy atom. The third kappa shape index (κ3) is 2.67. The molecule has 4 nitrogen and oxygen atoms in total. The standard InChI is InChI=1S/C20H21NO3/c1-20(2)13-17-18(22)12-19(20)24-21(17)14-8-10-16(11-9-14)23-15-6-4-3-5-7-15/h3-11,17,19H,12-13H2,1-2H3/t17-,19+/m0/s1. The average Bonchev–Trinajstić information content (AvgIpc) is 2.57. The minimum Gasteiger partial charge on any atom is -0.457 e. The summed E-state index contributed by atoms with van der Waals surface area (Å²) in [7, 11) is 0. The molecule has 4 heteroatoms. The number of para-hydroxylation sites is 1. The number of nitrogens with zero attached hydrogens (tertiary/aromatic N) is 1. The Bertz CT molecular complexity index is 739. The van der Waals surface area contributed by atoms with E-state index >= 15 is 0 Å². The Morgan fingerprint density at radius 3 is 2.38 bits per heavy atom. The number of benzene rings is 2. The van der Waals surface area contributed by atoms with Crippen LogP contribution in [0.25, 0.3) is 0 Å². The summed E-state index contributed by atoms with van der Waals surface area (Å²) in [6, 6.07) is 17.2. The molecule has 0 spiro atoms. The van der Waals surface area contributed by atoms with Crippen LogP contribution in [-0.2, 0) is 9.63 Å². The molecule has 2 aromatic carbocycles. The quantitative estimate of drug-likeness (QED) is 0.841.